The van der Waals surface area contributed by atoms with Crippen LogP contribution in [0.1, 0.15) is 0 Å². The Bertz CT molecular complexity index is 594. The van der Waals surface area contributed by atoms with Crippen molar-refractivity contribution in [3.63, 3.8) is 0 Å². The highest BCUT2D eigenvalue weighted by molar-refractivity contribution is 6.37. The minimum absolute atomic E-state index is 0.0733. The van der Waals surface area contributed by atoms with E-state index >= 15 is 0 Å². The van der Waals surface area contributed by atoms with E-state index in [0.29, 0.717) is 18.8 Å². The molecule has 1 aliphatic rings. The number of nitrogens with one attached hydrogen (secondary N) is 2. The van der Waals surface area contributed by atoms with Crippen molar-refractivity contribution in [2.45, 2.75) is 0 Å². The summed E-state index contributed by atoms with van der Waals surface area (Å²) in [5, 5.41) is 27.8. The van der Waals surface area contributed by atoms with E-state index < -0.39 is 15.7 Å². The van der Waals surface area contributed by atoms with E-state index in [0.717, 1.165) is 0 Å². The van der Waals surface area contributed by atoms with Crippen LogP contribution in [-0.2, 0) is 0 Å². The van der Waals surface area contributed by atoms with E-state index in [-0.39, 0.29) is 11.5 Å². The Kier molecular flexibility index (Phi) is 3.84. The summed E-state index contributed by atoms with van der Waals surface area (Å²) in [4.78, 5) is 24.1. The molecule has 0 amide bonds. The van der Waals surface area contributed by atoms with E-state index in [4.69, 9.17) is 0 Å². The predicted octanol–water partition coefficient (Wildman–Crippen LogP) is 0.599. The zero-order valence-corrected chi connectivity index (χ0v) is 10.1. The van der Waals surface area contributed by atoms with E-state index in [2.05, 4.69) is 20.8 Å². The van der Waals surface area contributed by atoms with E-state index in [1.54, 1.807) is 0 Å². The monoisotopic (exact) mass is 278 g/mol. The maximum Gasteiger partial charge on any atom is 0.430 e. The lowest BCUT2D eigenvalue weighted by Gasteiger charge is -1.99. The molecule has 0 atom stereocenters. The number of hydrogen-bond acceptors (Lipinski definition) is 8. The van der Waals surface area contributed by atoms with Gasteiger partial charge in [0.2, 0.25) is 5.84 Å². The van der Waals surface area contributed by atoms with Gasteiger partial charge in [0.25, 0.3) is 5.69 Å². The minimum atomic E-state index is -0.657. The second-order valence-corrected chi connectivity index (χ2v) is 3.77. The zero-order valence-electron chi connectivity index (χ0n) is 10.1. The van der Waals surface area contributed by atoms with Crippen LogP contribution in [0.25, 0.3) is 0 Å². The van der Waals surface area contributed by atoms with Crippen molar-refractivity contribution < 1.29 is 9.85 Å². The molecular weight excluding hydrogens is 268 g/mol. The van der Waals surface area contributed by atoms with E-state index in [9.17, 15) is 20.2 Å². The first-order valence-electron chi connectivity index (χ1n) is 5.59. The van der Waals surface area contributed by atoms with Gasteiger partial charge < -0.3 is 15.4 Å². The van der Waals surface area contributed by atoms with Crippen molar-refractivity contribution in [1.82, 2.24) is 5.32 Å². The quantitative estimate of drug-likeness (QED) is 0.358. The number of anilines is 1. The molecule has 0 bridgehead atoms. The summed E-state index contributed by atoms with van der Waals surface area (Å²) >= 11 is 0. The normalized spacial score (nSPS) is 14.4. The van der Waals surface area contributed by atoms with Gasteiger partial charge in [0.1, 0.15) is 0 Å². The molecule has 1 heterocycles. The second kappa shape index (κ2) is 5.73. The first-order valence-corrected chi connectivity index (χ1v) is 5.59. The molecule has 1 aromatic rings. The number of nitro groups is 2. The number of nitro benzene ring substituents is 1. The van der Waals surface area contributed by atoms with Gasteiger partial charge in [0.05, 0.1) is 22.3 Å². The molecule has 2 rings (SSSR count). The third-order valence-corrected chi connectivity index (χ3v) is 2.43. The number of hydrogen-bond donors (Lipinski definition) is 2. The number of hydrazone groups is 1. The van der Waals surface area contributed by atoms with Crippen LogP contribution >= 0.6 is 0 Å². The zero-order chi connectivity index (χ0) is 14.5. The minimum Gasteiger partial charge on any atom is -0.361 e. The molecule has 0 fully saturated rings. The lowest BCUT2D eigenvalue weighted by Crippen LogP contribution is -2.33. The third-order valence-electron chi connectivity index (χ3n) is 2.43. The van der Waals surface area contributed by atoms with Gasteiger partial charge >= 0.3 is 5.84 Å². The molecule has 1 aromatic carbocycles. The van der Waals surface area contributed by atoms with Crippen LogP contribution in [0.4, 0.5) is 11.4 Å². The van der Waals surface area contributed by atoms with Crippen molar-refractivity contribution >= 4 is 23.0 Å². The molecule has 1 aliphatic heterocycles. The number of nitrogens with zero attached hydrogens (tertiary/aromatic N) is 4. The van der Waals surface area contributed by atoms with Gasteiger partial charge in [-0.3, -0.25) is 15.1 Å². The molecule has 104 valence electrons. The average Bonchev–Trinajstić information content (AvgIpc) is 2.93. The summed E-state index contributed by atoms with van der Waals surface area (Å²) in [5.41, 5.74) is 2.80. The lowest BCUT2D eigenvalue weighted by molar-refractivity contribution is -0.384. The highest BCUT2D eigenvalue weighted by atomic mass is 16.6. The predicted molar refractivity (Wildman–Crippen MR) is 71.5 cm³/mol. The molecule has 2 N–H and O–H groups in total. The van der Waals surface area contributed by atoms with Gasteiger partial charge in [0.15, 0.2) is 0 Å². The number of benzene rings is 1. The Morgan fingerprint density at radius 3 is 2.50 bits per heavy atom. The van der Waals surface area contributed by atoms with Crippen LogP contribution in [0.15, 0.2) is 34.4 Å². The van der Waals surface area contributed by atoms with Crippen molar-refractivity contribution in [3.8, 4) is 0 Å². The van der Waals surface area contributed by atoms with E-state index in [1.165, 1.54) is 24.3 Å². The summed E-state index contributed by atoms with van der Waals surface area (Å²) in [6.45, 7) is 0.986. The molecule has 0 aliphatic carbocycles. The number of amidine groups is 2. The molecule has 0 spiro atoms. The average molecular weight is 278 g/mol. The summed E-state index contributed by atoms with van der Waals surface area (Å²) in [6.07, 6.45) is 0. The van der Waals surface area contributed by atoms with Gasteiger partial charge in [0, 0.05) is 18.7 Å². The van der Waals surface area contributed by atoms with Crippen LogP contribution in [0, 0.1) is 20.2 Å². The largest absolute Gasteiger partial charge is 0.430 e. The van der Waals surface area contributed by atoms with Gasteiger partial charge in [-0.05, 0) is 17.1 Å². The standard InChI is InChI=1S/C10H10N6O4/c17-15(18)8-3-1-7(2-4-8)13-14-10(16(19)20)9-11-5-6-12-9/h1-4,13H,5-6H2,(H,11,12)/b14-10-. The summed E-state index contributed by atoms with van der Waals surface area (Å²) in [6, 6.07) is 5.36. The number of aliphatic imine (C=N–C) groups is 1. The van der Waals surface area contributed by atoms with Crippen LogP contribution in [0.3, 0.4) is 0 Å². The summed E-state index contributed by atoms with van der Waals surface area (Å²) < 4.78 is 0. The van der Waals surface area contributed by atoms with Crippen molar-refractivity contribution in [2.75, 3.05) is 18.5 Å². The topological polar surface area (TPSA) is 135 Å². The third kappa shape index (κ3) is 3.04. The Labute approximate surface area is 112 Å². The van der Waals surface area contributed by atoms with Crippen molar-refractivity contribution in [3.05, 3.63) is 44.5 Å². The van der Waals surface area contributed by atoms with Crippen LogP contribution < -0.4 is 10.7 Å². The molecule has 0 saturated heterocycles. The highest BCUT2D eigenvalue weighted by Crippen LogP contribution is 2.15. The first-order chi connectivity index (χ1) is 9.58. The Morgan fingerprint density at radius 1 is 1.30 bits per heavy atom. The molecule has 10 nitrogen and oxygen atoms in total. The van der Waals surface area contributed by atoms with Crippen molar-refractivity contribution in [1.29, 1.82) is 0 Å². The van der Waals surface area contributed by atoms with Crippen LogP contribution in [0.5, 0.6) is 0 Å². The van der Waals surface area contributed by atoms with Crippen LogP contribution in [0.2, 0.25) is 0 Å². The highest BCUT2D eigenvalue weighted by Gasteiger charge is 2.24. The summed E-state index contributed by atoms with van der Waals surface area (Å²) in [5.74, 6) is -0.315. The fourth-order valence-corrected chi connectivity index (χ4v) is 1.50. The summed E-state index contributed by atoms with van der Waals surface area (Å²) in [7, 11) is 0. The van der Waals surface area contributed by atoms with Gasteiger partial charge in [-0.1, -0.05) is 0 Å². The second-order valence-electron chi connectivity index (χ2n) is 3.77. The lowest BCUT2D eigenvalue weighted by atomic mass is 10.3. The van der Waals surface area contributed by atoms with E-state index in [1.807, 2.05) is 0 Å². The van der Waals surface area contributed by atoms with Gasteiger partial charge in [-0.25, -0.2) is 0 Å². The van der Waals surface area contributed by atoms with Crippen LogP contribution in [-0.4, -0.2) is 34.6 Å². The number of non-ortho nitro benzene ring substituents is 1. The molecule has 10 heteroatoms. The first kappa shape index (κ1) is 13.4. The Morgan fingerprint density at radius 2 is 2.00 bits per heavy atom. The smallest absolute Gasteiger partial charge is 0.361 e. The molecule has 0 aromatic heterocycles. The fourth-order valence-electron chi connectivity index (χ4n) is 1.50. The maximum absolute atomic E-state index is 10.9. The Hall–Kier alpha value is -3.04. The molecule has 0 unspecified atom stereocenters. The fraction of sp³-hybridized carbons (Fsp3) is 0.200. The van der Waals surface area contributed by atoms with Gasteiger partial charge in [-0.2, -0.15) is 5.43 Å². The van der Waals surface area contributed by atoms with Crippen molar-refractivity contribution in [2.24, 2.45) is 10.1 Å². The SMILES string of the molecule is O=[N+]([O-])/C(=N\Nc1ccc([N+](=O)[O-])cc1)C1=NCCN1. The molecule has 20 heavy (non-hydrogen) atoms. The molecular formula is C10H10N6O4. The maximum atomic E-state index is 10.9. The van der Waals surface area contributed by atoms with Gasteiger partial charge in [-0.15, -0.1) is 0 Å². The molecule has 0 saturated carbocycles. The Balaban J connectivity index is 2.13. The molecule has 0 radical (unpaired) electrons. The number of rotatable bonds is 4.